The third kappa shape index (κ3) is 36.8. The fourth-order valence-corrected chi connectivity index (χ4v) is 10.1. The molecule has 14 N–H and O–H groups in total. The molecule has 0 bridgehead atoms. The summed E-state index contributed by atoms with van der Waals surface area (Å²) >= 11 is 0. The second kappa shape index (κ2) is 48.9. The number of carboxylic acid groups (broad SMARTS) is 1. The Labute approximate surface area is 506 Å². The fraction of sp³-hybridized carbons (Fsp3) is 0.881. The fourth-order valence-electron chi connectivity index (χ4n) is 9.88. The number of hydrogen-bond acceptors (Lipinski definition) is 19. The molecule has 0 aliphatic carbocycles. The monoisotopic (exact) mass is 1240 g/mol. The van der Waals surface area contributed by atoms with Crippen molar-refractivity contribution in [1.29, 1.82) is 0 Å². The third-order valence-electron chi connectivity index (χ3n) is 15.0. The first-order valence-corrected chi connectivity index (χ1v) is 32.5. The molecule has 25 nitrogen and oxygen atoms in total. The summed E-state index contributed by atoms with van der Waals surface area (Å²) in [7, 11) is -2.44. The molecule has 26 heteroatoms. The van der Waals surface area contributed by atoms with Gasteiger partial charge in [-0.15, -0.1) is 9.42 Å². The lowest BCUT2D eigenvalue weighted by atomic mass is 9.89. The number of primary amides is 1. The summed E-state index contributed by atoms with van der Waals surface area (Å²) in [6, 6.07) is -4.39. The molecule has 0 aromatic heterocycles. The van der Waals surface area contributed by atoms with Gasteiger partial charge < -0.3 is 77.2 Å². The Hall–Kier alpha value is -4.01. The Balaban J connectivity index is 0.00000942. The van der Waals surface area contributed by atoms with E-state index in [0.29, 0.717) is 12.8 Å². The number of aliphatic hydroxyl groups excluding tert-OH is 4. The molecule has 2 unspecified atom stereocenters. The van der Waals surface area contributed by atoms with Crippen molar-refractivity contribution in [2.45, 2.75) is 301 Å². The standard InChI is InChI=1S/C57H105N5O16.C2H6NO3P/c1-7-9-11-13-15-17-19-21-23-25-27-29-31-33-47(67)76-45(39-64)52(78-48(68)34-32-30-28-26-24-22-20-18-16-14-12-10-8-2)57(6,59)56(74)61-43(53(58)70)35-36-46(66)62(41(4)54(71)72)37-40(3)75-51-49(60-42(5)65)55(73)77-44(38-63)50(51)69;3-1-2-6-7(4)5/h40-41,43-45,49-52,55,63-64,69,73H,7-39,59H2,1-6H3,(H2,58,70)(H,60,65)(H,61,74)(H,71,72);1-3H2/p+1/t40?,41-,43+,44+,45-,49+,50+,51+,52-,55-,57+;/m0./s1. The van der Waals surface area contributed by atoms with Gasteiger partial charge in [0.25, 0.3) is 0 Å². The number of unbranched alkanes of at least 4 members (excludes halogenated alkanes) is 24. The lowest BCUT2D eigenvalue weighted by Crippen LogP contribution is -2.66. The maximum absolute atomic E-state index is 14.2. The van der Waals surface area contributed by atoms with Gasteiger partial charge in [-0.25, -0.2) is 4.79 Å². The maximum Gasteiger partial charge on any atom is 0.694 e. The molecule has 1 heterocycles. The smallest absolute Gasteiger partial charge is 0.480 e. The molecule has 1 rings (SSSR count). The van der Waals surface area contributed by atoms with E-state index in [1.54, 1.807) is 0 Å². The molecule has 496 valence electrons. The molecule has 0 aromatic carbocycles. The molecule has 1 aliphatic heterocycles. The van der Waals surface area contributed by atoms with E-state index in [1.165, 1.54) is 117 Å². The van der Waals surface area contributed by atoms with E-state index in [9.17, 15) is 63.7 Å². The van der Waals surface area contributed by atoms with Crippen molar-refractivity contribution in [1.82, 2.24) is 15.5 Å². The zero-order valence-electron chi connectivity index (χ0n) is 52.1. The number of amides is 4. The van der Waals surface area contributed by atoms with Gasteiger partial charge in [-0.3, -0.25) is 28.8 Å². The predicted molar refractivity (Wildman–Crippen MR) is 320 cm³/mol. The van der Waals surface area contributed by atoms with Crippen molar-refractivity contribution in [2.24, 2.45) is 17.2 Å². The third-order valence-corrected chi connectivity index (χ3v) is 15.4. The number of aliphatic hydroxyl groups is 4. The molecule has 0 aromatic rings. The number of nitrogens with one attached hydrogen (secondary N) is 2. The average Bonchev–Trinajstić information content (AvgIpc) is 2.85. The van der Waals surface area contributed by atoms with Gasteiger partial charge in [0.2, 0.25) is 23.6 Å². The van der Waals surface area contributed by atoms with Gasteiger partial charge >= 0.3 is 26.2 Å². The Morgan fingerprint density at radius 3 is 1.54 bits per heavy atom. The van der Waals surface area contributed by atoms with Crippen LogP contribution in [0.15, 0.2) is 0 Å². The number of esters is 2. The molecule has 4 amide bonds. The first kappa shape index (κ1) is 81.0. The number of carboxylic acids is 1. The lowest BCUT2D eigenvalue weighted by Gasteiger charge is -2.43. The van der Waals surface area contributed by atoms with Gasteiger partial charge in [-0.05, 0) is 40.0 Å². The van der Waals surface area contributed by atoms with E-state index < -0.39 is 149 Å². The van der Waals surface area contributed by atoms with Crippen LogP contribution in [0.1, 0.15) is 234 Å². The van der Waals surface area contributed by atoms with Crippen LogP contribution in [-0.2, 0) is 61.6 Å². The van der Waals surface area contributed by atoms with E-state index in [1.807, 2.05) is 0 Å². The predicted octanol–water partition coefficient (Wildman–Crippen LogP) is 5.49. The molecule has 0 radical (unpaired) electrons. The average molecular weight is 1240 g/mol. The Kier molecular flexibility index (Phi) is 46.6. The molecule has 0 spiro atoms. The highest BCUT2D eigenvalue weighted by molar-refractivity contribution is 7.32. The van der Waals surface area contributed by atoms with Crippen molar-refractivity contribution in [3.8, 4) is 0 Å². The summed E-state index contributed by atoms with van der Waals surface area (Å²) in [5, 5.41) is 56.6. The van der Waals surface area contributed by atoms with Crippen LogP contribution in [0.25, 0.3) is 0 Å². The summed E-state index contributed by atoms with van der Waals surface area (Å²) in [5.41, 5.74) is 15.0. The lowest BCUT2D eigenvalue weighted by molar-refractivity contribution is -0.268. The maximum atomic E-state index is 14.2. The number of carbonyl (C=O) groups is 7. The normalized spacial score (nSPS) is 19.4. The van der Waals surface area contributed by atoms with E-state index in [0.717, 1.165) is 69.6 Å². The van der Waals surface area contributed by atoms with Crippen LogP contribution < -0.4 is 27.8 Å². The first-order valence-electron chi connectivity index (χ1n) is 31.4. The molecule has 1 aliphatic rings. The highest BCUT2D eigenvalue weighted by Crippen LogP contribution is 2.26. The van der Waals surface area contributed by atoms with Gasteiger partial charge in [-0.2, -0.15) is 0 Å². The van der Waals surface area contributed by atoms with Crippen LogP contribution in [-0.4, -0.2) is 176 Å². The second-order valence-electron chi connectivity index (χ2n) is 22.7. The van der Waals surface area contributed by atoms with Gasteiger partial charge in [0.05, 0.1) is 19.3 Å². The van der Waals surface area contributed by atoms with Gasteiger partial charge in [0.15, 0.2) is 18.5 Å². The molecular formula is C59H112N6O19P+. The van der Waals surface area contributed by atoms with Gasteiger partial charge in [0.1, 0.15) is 48.6 Å². The largest absolute Gasteiger partial charge is 0.694 e. The summed E-state index contributed by atoms with van der Waals surface area (Å²) in [6.07, 6.45) is 17.1. The van der Waals surface area contributed by atoms with Crippen LogP contribution >= 0.6 is 8.25 Å². The molecular weight excluding hydrogens is 1130 g/mol. The summed E-state index contributed by atoms with van der Waals surface area (Å²) in [4.78, 5) is 101. The minimum atomic E-state index is -2.44. The second-order valence-corrected chi connectivity index (χ2v) is 23.4. The van der Waals surface area contributed by atoms with E-state index >= 15 is 0 Å². The highest BCUT2D eigenvalue weighted by Gasteiger charge is 2.49. The van der Waals surface area contributed by atoms with Crippen LogP contribution in [0, 0.1) is 0 Å². The molecule has 1 fully saturated rings. The number of nitrogens with two attached hydrogens (primary N) is 3. The summed E-state index contributed by atoms with van der Waals surface area (Å²) in [6.45, 7) is 7.82. The highest BCUT2D eigenvalue weighted by atomic mass is 31.1. The SMILES string of the molecule is CCCCCCCCCCCCCCCC(=O)O[C@@H](CO)[C@H](OC(=O)CCCCCCCCCCCCCCC)[C@@](C)(N)C(=O)N[C@H](CCC(=O)N(CC(C)O[C@H]1[C@H](O)[C@@H](CO)O[C@H](O)[C@@H]1NC(C)=O)[C@@H](C)C(=O)O)C(N)=O.NCCO[P+](=O)O. The van der Waals surface area contributed by atoms with Crippen molar-refractivity contribution >= 4 is 49.8 Å². The van der Waals surface area contributed by atoms with Crippen molar-refractivity contribution in [2.75, 3.05) is 32.9 Å². The zero-order valence-corrected chi connectivity index (χ0v) is 53.0. The molecule has 12 atom stereocenters. The molecule has 85 heavy (non-hydrogen) atoms. The summed E-state index contributed by atoms with van der Waals surface area (Å²) < 4.78 is 36.4. The minimum absolute atomic E-state index is 0.00392. The van der Waals surface area contributed by atoms with Crippen LogP contribution in [0.5, 0.6) is 0 Å². The van der Waals surface area contributed by atoms with E-state index in [-0.39, 0.29) is 26.0 Å². The van der Waals surface area contributed by atoms with Gasteiger partial charge in [-0.1, -0.05) is 168 Å². The Morgan fingerprint density at radius 2 is 1.16 bits per heavy atom. The summed E-state index contributed by atoms with van der Waals surface area (Å²) in [5.74, 6) is -6.49. The minimum Gasteiger partial charge on any atom is -0.480 e. The van der Waals surface area contributed by atoms with Crippen molar-refractivity contribution in [3.05, 3.63) is 0 Å². The van der Waals surface area contributed by atoms with Crippen LogP contribution in [0.2, 0.25) is 0 Å². The number of nitrogens with zero attached hydrogens (tertiary/aromatic N) is 1. The number of carbonyl (C=O) groups excluding carboxylic acids is 6. The van der Waals surface area contributed by atoms with Crippen LogP contribution in [0.3, 0.4) is 0 Å². The zero-order chi connectivity index (χ0) is 64.2. The van der Waals surface area contributed by atoms with Crippen molar-refractivity contribution < 1.29 is 92.0 Å². The number of hydrogen-bond donors (Lipinski definition) is 11. The molecule has 0 saturated carbocycles. The van der Waals surface area contributed by atoms with Gasteiger partial charge in [0, 0.05) is 43.8 Å². The molecule has 1 saturated heterocycles. The van der Waals surface area contributed by atoms with Crippen LogP contribution in [0.4, 0.5) is 0 Å². The Bertz CT molecular complexity index is 1870. The quantitative estimate of drug-likeness (QED) is 0.0204. The first-order chi connectivity index (χ1) is 40.4. The van der Waals surface area contributed by atoms with E-state index in [4.69, 9.17) is 41.0 Å². The van der Waals surface area contributed by atoms with E-state index in [2.05, 4.69) is 29.0 Å². The topological polar surface area (TPSA) is 409 Å². The number of rotatable bonds is 50. The number of aliphatic carboxylic acids is 1. The number of ether oxygens (including phenoxy) is 4. The van der Waals surface area contributed by atoms with Crippen molar-refractivity contribution in [3.63, 3.8) is 0 Å². The Morgan fingerprint density at radius 1 is 0.718 bits per heavy atom.